The van der Waals surface area contributed by atoms with Crippen LogP contribution in [-0.4, -0.2) is 12.5 Å². The largest absolute Gasteiger partial charge is 0.385 e. The quantitative estimate of drug-likeness (QED) is 0.909. The van der Waals surface area contributed by atoms with Crippen molar-refractivity contribution in [3.05, 3.63) is 64.2 Å². The third-order valence-electron chi connectivity index (χ3n) is 3.65. The number of rotatable bonds is 3. The molecular weight excluding hydrogens is 284 g/mol. The minimum Gasteiger partial charge on any atom is -0.385 e. The van der Waals surface area contributed by atoms with Gasteiger partial charge in [0, 0.05) is 29.4 Å². The average molecular weight is 301 g/mol. The van der Waals surface area contributed by atoms with Gasteiger partial charge in [0.15, 0.2) is 0 Å². The summed E-state index contributed by atoms with van der Waals surface area (Å²) in [5.41, 5.74) is 4.07. The van der Waals surface area contributed by atoms with Crippen molar-refractivity contribution >= 4 is 23.2 Å². The molecule has 2 aromatic rings. The lowest BCUT2D eigenvalue weighted by Gasteiger charge is -2.18. The highest BCUT2D eigenvalue weighted by molar-refractivity contribution is 6.30. The second-order valence-corrected chi connectivity index (χ2v) is 5.65. The zero-order chi connectivity index (χ0) is 14.7. The molecule has 0 unspecified atom stereocenters. The number of fused-ring (bicyclic) bond motifs is 1. The summed E-state index contributed by atoms with van der Waals surface area (Å²) < 4.78 is 0. The SMILES string of the molecule is O=C(NCc1cccc(Cl)c1)c1ccc2c(c1)CCCN2. The van der Waals surface area contributed by atoms with Crippen LogP contribution in [0.15, 0.2) is 42.5 Å². The van der Waals surface area contributed by atoms with E-state index in [0.717, 1.165) is 30.6 Å². The number of aryl methyl sites for hydroxylation is 1. The molecule has 1 aliphatic rings. The van der Waals surface area contributed by atoms with Crippen molar-refractivity contribution in [2.45, 2.75) is 19.4 Å². The van der Waals surface area contributed by atoms with Crippen LogP contribution in [0.5, 0.6) is 0 Å². The van der Waals surface area contributed by atoms with E-state index < -0.39 is 0 Å². The number of hydrogen-bond donors (Lipinski definition) is 2. The molecule has 108 valence electrons. The molecule has 0 saturated heterocycles. The van der Waals surface area contributed by atoms with Crippen LogP contribution in [0.3, 0.4) is 0 Å². The Morgan fingerprint density at radius 2 is 2.14 bits per heavy atom. The zero-order valence-corrected chi connectivity index (χ0v) is 12.4. The highest BCUT2D eigenvalue weighted by Crippen LogP contribution is 2.22. The molecule has 0 bridgehead atoms. The molecule has 2 aromatic carbocycles. The van der Waals surface area contributed by atoms with E-state index in [-0.39, 0.29) is 5.91 Å². The number of carbonyl (C=O) groups is 1. The lowest BCUT2D eigenvalue weighted by molar-refractivity contribution is 0.0951. The van der Waals surface area contributed by atoms with Crippen LogP contribution in [0.1, 0.15) is 27.9 Å². The Labute approximate surface area is 129 Å². The molecule has 0 spiro atoms. The molecule has 2 N–H and O–H groups in total. The van der Waals surface area contributed by atoms with E-state index >= 15 is 0 Å². The van der Waals surface area contributed by atoms with Gasteiger partial charge in [-0.2, -0.15) is 0 Å². The van der Waals surface area contributed by atoms with E-state index in [1.165, 1.54) is 5.56 Å². The van der Waals surface area contributed by atoms with E-state index in [4.69, 9.17) is 11.6 Å². The Morgan fingerprint density at radius 3 is 3.00 bits per heavy atom. The highest BCUT2D eigenvalue weighted by atomic mass is 35.5. The van der Waals surface area contributed by atoms with Gasteiger partial charge in [0.25, 0.3) is 5.91 Å². The molecule has 1 heterocycles. The molecule has 4 heteroatoms. The topological polar surface area (TPSA) is 41.1 Å². The molecule has 21 heavy (non-hydrogen) atoms. The molecule has 3 rings (SSSR count). The maximum Gasteiger partial charge on any atom is 0.251 e. The summed E-state index contributed by atoms with van der Waals surface area (Å²) in [5, 5.41) is 6.96. The average Bonchev–Trinajstić information content (AvgIpc) is 2.52. The summed E-state index contributed by atoms with van der Waals surface area (Å²) in [5.74, 6) is -0.0525. The van der Waals surface area contributed by atoms with E-state index in [0.29, 0.717) is 17.1 Å². The molecular formula is C17H17ClN2O. The van der Waals surface area contributed by atoms with Crippen molar-refractivity contribution in [3.8, 4) is 0 Å². The van der Waals surface area contributed by atoms with Gasteiger partial charge in [0.05, 0.1) is 0 Å². The van der Waals surface area contributed by atoms with Crippen molar-refractivity contribution in [1.29, 1.82) is 0 Å². The fraction of sp³-hybridized carbons (Fsp3) is 0.235. The first-order valence-electron chi connectivity index (χ1n) is 7.12. The Balaban J connectivity index is 1.68. The van der Waals surface area contributed by atoms with Crippen LogP contribution < -0.4 is 10.6 Å². The smallest absolute Gasteiger partial charge is 0.251 e. The second-order valence-electron chi connectivity index (χ2n) is 5.21. The maximum atomic E-state index is 12.2. The predicted molar refractivity (Wildman–Crippen MR) is 85.9 cm³/mol. The number of anilines is 1. The van der Waals surface area contributed by atoms with Gasteiger partial charge in [-0.15, -0.1) is 0 Å². The lowest BCUT2D eigenvalue weighted by Crippen LogP contribution is -2.23. The summed E-state index contributed by atoms with van der Waals surface area (Å²) in [6.45, 7) is 1.49. The summed E-state index contributed by atoms with van der Waals surface area (Å²) >= 11 is 5.94. The van der Waals surface area contributed by atoms with Crippen LogP contribution >= 0.6 is 11.6 Å². The van der Waals surface area contributed by atoms with Gasteiger partial charge in [-0.1, -0.05) is 23.7 Å². The van der Waals surface area contributed by atoms with Gasteiger partial charge < -0.3 is 10.6 Å². The summed E-state index contributed by atoms with van der Waals surface area (Å²) in [7, 11) is 0. The Bertz CT molecular complexity index is 670. The molecule has 3 nitrogen and oxygen atoms in total. The fourth-order valence-electron chi connectivity index (χ4n) is 2.55. The summed E-state index contributed by atoms with van der Waals surface area (Å²) in [4.78, 5) is 12.2. The first-order chi connectivity index (χ1) is 10.2. The van der Waals surface area contributed by atoms with Crippen LogP contribution in [0.2, 0.25) is 5.02 Å². The zero-order valence-electron chi connectivity index (χ0n) is 11.7. The van der Waals surface area contributed by atoms with Gasteiger partial charge in [-0.05, 0) is 54.3 Å². The lowest BCUT2D eigenvalue weighted by atomic mass is 10.0. The third kappa shape index (κ3) is 3.37. The molecule has 0 aliphatic carbocycles. The number of carbonyl (C=O) groups excluding carboxylic acids is 1. The van der Waals surface area contributed by atoms with Crippen LogP contribution in [-0.2, 0) is 13.0 Å². The Hall–Kier alpha value is -2.00. The fourth-order valence-corrected chi connectivity index (χ4v) is 2.76. The van der Waals surface area contributed by atoms with E-state index in [1.54, 1.807) is 0 Å². The summed E-state index contributed by atoms with van der Waals surface area (Å²) in [6, 6.07) is 13.3. The van der Waals surface area contributed by atoms with Gasteiger partial charge in [0.1, 0.15) is 0 Å². The standard InChI is InChI=1S/C17H17ClN2O/c18-15-5-1-3-12(9-15)11-20-17(21)14-6-7-16-13(10-14)4-2-8-19-16/h1,3,5-7,9-10,19H,2,4,8,11H2,(H,20,21). The minimum absolute atomic E-state index is 0.0525. The third-order valence-corrected chi connectivity index (χ3v) is 3.88. The monoisotopic (exact) mass is 300 g/mol. The van der Waals surface area contributed by atoms with Gasteiger partial charge in [-0.25, -0.2) is 0 Å². The molecule has 0 aromatic heterocycles. The highest BCUT2D eigenvalue weighted by Gasteiger charge is 2.12. The predicted octanol–water partition coefficient (Wildman–Crippen LogP) is 3.63. The Kier molecular flexibility index (Phi) is 4.11. The second kappa shape index (κ2) is 6.19. The summed E-state index contributed by atoms with van der Waals surface area (Å²) in [6.07, 6.45) is 2.14. The normalized spacial score (nSPS) is 13.2. The molecule has 0 saturated carbocycles. The van der Waals surface area contributed by atoms with Crippen molar-refractivity contribution in [2.75, 3.05) is 11.9 Å². The first kappa shape index (κ1) is 14.0. The number of amides is 1. The molecule has 1 aliphatic heterocycles. The van der Waals surface area contributed by atoms with Crippen molar-refractivity contribution in [1.82, 2.24) is 5.32 Å². The number of hydrogen-bond acceptors (Lipinski definition) is 2. The maximum absolute atomic E-state index is 12.2. The molecule has 0 radical (unpaired) electrons. The molecule has 1 amide bonds. The van der Waals surface area contributed by atoms with E-state index in [9.17, 15) is 4.79 Å². The van der Waals surface area contributed by atoms with Crippen LogP contribution in [0.25, 0.3) is 0 Å². The van der Waals surface area contributed by atoms with Gasteiger partial charge in [0.2, 0.25) is 0 Å². The van der Waals surface area contributed by atoms with Crippen LogP contribution in [0, 0.1) is 0 Å². The Morgan fingerprint density at radius 1 is 1.24 bits per heavy atom. The van der Waals surface area contributed by atoms with Crippen LogP contribution in [0.4, 0.5) is 5.69 Å². The minimum atomic E-state index is -0.0525. The van der Waals surface area contributed by atoms with Gasteiger partial charge >= 0.3 is 0 Å². The number of benzene rings is 2. The molecule has 0 fully saturated rings. The molecule has 0 atom stereocenters. The first-order valence-corrected chi connectivity index (χ1v) is 7.49. The van der Waals surface area contributed by atoms with E-state index in [2.05, 4.69) is 10.6 Å². The van der Waals surface area contributed by atoms with E-state index in [1.807, 2.05) is 42.5 Å². The number of nitrogens with one attached hydrogen (secondary N) is 2. The van der Waals surface area contributed by atoms with Crippen molar-refractivity contribution < 1.29 is 4.79 Å². The van der Waals surface area contributed by atoms with Gasteiger partial charge in [-0.3, -0.25) is 4.79 Å². The van der Waals surface area contributed by atoms with Crippen molar-refractivity contribution in [3.63, 3.8) is 0 Å². The number of halogens is 1. The van der Waals surface area contributed by atoms with Crippen molar-refractivity contribution in [2.24, 2.45) is 0 Å².